The minimum Gasteiger partial charge on any atom is -0.439 e. The Labute approximate surface area is 81.9 Å². The van der Waals surface area contributed by atoms with Crippen molar-refractivity contribution in [2.45, 2.75) is 6.19 Å². The SMILES string of the molecule is BC(O)OC(=O)C(=O)c1ccccc1. The van der Waals surface area contributed by atoms with Gasteiger partial charge in [-0.3, -0.25) is 4.79 Å². The van der Waals surface area contributed by atoms with Gasteiger partial charge in [-0.05, 0) is 0 Å². The largest absolute Gasteiger partial charge is 0.439 e. The first-order chi connectivity index (χ1) is 6.61. The van der Waals surface area contributed by atoms with E-state index in [1.165, 1.54) is 20.0 Å². The summed E-state index contributed by atoms with van der Waals surface area (Å²) in [4.78, 5) is 22.3. The van der Waals surface area contributed by atoms with E-state index >= 15 is 0 Å². The molecule has 1 rings (SSSR count). The number of carbonyl (C=O) groups is 2. The zero-order valence-electron chi connectivity index (χ0n) is 7.64. The molecule has 0 fully saturated rings. The van der Waals surface area contributed by atoms with Gasteiger partial charge in [-0.1, -0.05) is 30.3 Å². The summed E-state index contributed by atoms with van der Waals surface area (Å²) < 4.78 is 4.33. The molecule has 1 atom stereocenters. The summed E-state index contributed by atoms with van der Waals surface area (Å²) in [6.07, 6.45) is -1.27. The van der Waals surface area contributed by atoms with E-state index in [0.717, 1.165) is 0 Å². The molecule has 0 amide bonds. The van der Waals surface area contributed by atoms with E-state index in [1.807, 2.05) is 0 Å². The number of ether oxygens (including phenoxy) is 1. The van der Waals surface area contributed by atoms with Gasteiger partial charge in [0, 0.05) is 5.56 Å². The number of esters is 1. The second-order valence-corrected chi connectivity index (χ2v) is 2.70. The van der Waals surface area contributed by atoms with Gasteiger partial charge in [-0.15, -0.1) is 0 Å². The predicted molar refractivity (Wildman–Crippen MR) is 51.4 cm³/mol. The first-order valence-corrected chi connectivity index (χ1v) is 4.09. The van der Waals surface area contributed by atoms with E-state index < -0.39 is 17.9 Å². The maximum atomic E-state index is 11.3. The molecule has 0 aromatic heterocycles. The fourth-order valence-electron chi connectivity index (χ4n) is 0.916. The third kappa shape index (κ3) is 2.71. The number of hydrogen-bond donors (Lipinski definition) is 1. The van der Waals surface area contributed by atoms with Gasteiger partial charge in [0.05, 0.1) is 0 Å². The number of rotatable bonds is 3. The molecule has 5 heteroatoms. The minimum absolute atomic E-state index is 0.248. The highest BCUT2D eigenvalue weighted by molar-refractivity contribution is 6.41. The Kier molecular flexibility index (Phi) is 3.42. The number of hydrogen-bond acceptors (Lipinski definition) is 4. The molecule has 0 aliphatic rings. The van der Waals surface area contributed by atoms with Crippen LogP contribution in [0.4, 0.5) is 0 Å². The number of carbonyl (C=O) groups excluding carboxylic acids is 2. The van der Waals surface area contributed by atoms with Crippen molar-refractivity contribution in [3.05, 3.63) is 35.9 Å². The molecule has 0 radical (unpaired) electrons. The molecule has 0 saturated heterocycles. The smallest absolute Gasteiger partial charge is 0.381 e. The van der Waals surface area contributed by atoms with Gasteiger partial charge in [-0.25, -0.2) is 4.79 Å². The summed E-state index contributed by atoms with van der Waals surface area (Å²) in [6.45, 7) is 0. The quantitative estimate of drug-likeness (QED) is 0.226. The molecular weight excluding hydrogens is 183 g/mol. The molecule has 0 bridgehead atoms. The molecule has 0 aliphatic carbocycles. The zero-order chi connectivity index (χ0) is 10.6. The van der Waals surface area contributed by atoms with Crippen molar-refractivity contribution in [3.8, 4) is 0 Å². The fourth-order valence-corrected chi connectivity index (χ4v) is 0.916. The second kappa shape index (κ2) is 4.57. The molecule has 0 aliphatic heterocycles. The minimum atomic E-state index is -1.27. The van der Waals surface area contributed by atoms with Crippen LogP contribution in [0, 0.1) is 0 Å². The van der Waals surface area contributed by atoms with Crippen LogP contribution in [0.1, 0.15) is 10.4 Å². The molecule has 1 aromatic rings. The molecule has 1 N–H and O–H groups in total. The summed E-state index contributed by atoms with van der Waals surface area (Å²) in [6, 6.07) is 8.03. The number of aliphatic hydroxyl groups is 1. The van der Waals surface area contributed by atoms with Gasteiger partial charge >= 0.3 is 5.97 Å². The van der Waals surface area contributed by atoms with E-state index in [1.54, 1.807) is 18.2 Å². The lowest BCUT2D eigenvalue weighted by Gasteiger charge is -2.05. The monoisotopic (exact) mass is 192 g/mol. The average molecular weight is 192 g/mol. The molecular formula is C9H9BO4. The highest BCUT2D eigenvalue weighted by atomic mass is 16.6. The number of Topliss-reactive ketones (excluding diaryl/α,β-unsaturated/α-hetero) is 1. The van der Waals surface area contributed by atoms with Gasteiger partial charge < -0.3 is 9.84 Å². The van der Waals surface area contributed by atoms with E-state index in [4.69, 9.17) is 5.11 Å². The van der Waals surface area contributed by atoms with Gasteiger partial charge in [0.1, 0.15) is 0 Å². The summed E-state index contributed by atoms with van der Waals surface area (Å²) in [5.41, 5.74) is 0.248. The summed E-state index contributed by atoms with van der Waals surface area (Å²) in [7, 11) is 1.26. The molecule has 0 saturated carbocycles. The number of benzene rings is 1. The van der Waals surface area contributed by atoms with Crippen LogP contribution in [0.3, 0.4) is 0 Å². The van der Waals surface area contributed by atoms with Crippen molar-refractivity contribution < 1.29 is 19.4 Å². The fraction of sp³-hybridized carbons (Fsp3) is 0.111. The number of aliphatic hydroxyl groups excluding tert-OH is 1. The van der Waals surface area contributed by atoms with Crippen molar-refractivity contribution in [3.63, 3.8) is 0 Å². The lowest BCUT2D eigenvalue weighted by Crippen LogP contribution is -2.24. The van der Waals surface area contributed by atoms with Crippen molar-refractivity contribution in [2.24, 2.45) is 0 Å². The van der Waals surface area contributed by atoms with Crippen molar-refractivity contribution in [1.29, 1.82) is 0 Å². The Morgan fingerprint density at radius 3 is 2.36 bits per heavy atom. The zero-order valence-corrected chi connectivity index (χ0v) is 7.64. The van der Waals surface area contributed by atoms with Crippen LogP contribution >= 0.6 is 0 Å². The topological polar surface area (TPSA) is 63.6 Å². The van der Waals surface area contributed by atoms with Gasteiger partial charge in [0.15, 0.2) is 14.0 Å². The van der Waals surface area contributed by atoms with Crippen LogP contribution in [-0.4, -0.2) is 30.9 Å². The van der Waals surface area contributed by atoms with Crippen LogP contribution in [0.15, 0.2) is 30.3 Å². The van der Waals surface area contributed by atoms with Gasteiger partial charge in [0.2, 0.25) is 0 Å². The maximum absolute atomic E-state index is 11.3. The standard InChI is InChI=1S/C9H9BO4/c10-9(13)14-8(12)7(11)6-4-2-1-3-5-6/h1-5,9,13H,10H2. The summed E-state index contributed by atoms with van der Waals surface area (Å²) >= 11 is 0. The highest BCUT2D eigenvalue weighted by Crippen LogP contribution is 2.01. The molecule has 14 heavy (non-hydrogen) atoms. The first kappa shape index (κ1) is 10.5. The van der Waals surface area contributed by atoms with E-state index in [0.29, 0.717) is 0 Å². The second-order valence-electron chi connectivity index (χ2n) is 2.70. The summed E-state index contributed by atoms with van der Waals surface area (Å²) in [5, 5.41) is 8.72. The highest BCUT2D eigenvalue weighted by Gasteiger charge is 2.18. The van der Waals surface area contributed by atoms with Gasteiger partial charge in [0.25, 0.3) is 5.78 Å². The van der Waals surface area contributed by atoms with E-state index in [2.05, 4.69) is 4.74 Å². The Hall–Kier alpha value is -1.62. The van der Waals surface area contributed by atoms with Crippen molar-refractivity contribution in [1.82, 2.24) is 0 Å². The lowest BCUT2D eigenvalue weighted by molar-refractivity contribution is -0.150. The van der Waals surface area contributed by atoms with Crippen LogP contribution in [-0.2, 0) is 9.53 Å². The Bertz CT molecular complexity index is 334. The lowest BCUT2D eigenvalue weighted by atomic mass is 10.1. The predicted octanol–water partition coefficient (Wildman–Crippen LogP) is -0.679. The summed E-state index contributed by atoms with van der Waals surface area (Å²) in [5.74, 6) is -1.81. The van der Waals surface area contributed by atoms with Crippen molar-refractivity contribution >= 4 is 19.6 Å². The first-order valence-electron chi connectivity index (χ1n) is 4.09. The van der Waals surface area contributed by atoms with E-state index in [9.17, 15) is 9.59 Å². The third-order valence-corrected chi connectivity index (χ3v) is 1.50. The molecule has 72 valence electrons. The normalized spacial score (nSPS) is 11.8. The van der Waals surface area contributed by atoms with Crippen LogP contribution in [0.25, 0.3) is 0 Å². The Balaban J connectivity index is 2.72. The average Bonchev–Trinajstić information content (AvgIpc) is 2.17. The molecule has 1 aromatic carbocycles. The van der Waals surface area contributed by atoms with Crippen LogP contribution in [0.5, 0.6) is 0 Å². The van der Waals surface area contributed by atoms with E-state index in [-0.39, 0.29) is 5.56 Å². The number of ketones is 1. The van der Waals surface area contributed by atoms with Crippen LogP contribution < -0.4 is 0 Å². The molecule has 4 nitrogen and oxygen atoms in total. The molecule has 0 spiro atoms. The Morgan fingerprint density at radius 1 is 1.29 bits per heavy atom. The molecule has 1 unspecified atom stereocenters. The third-order valence-electron chi connectivity index (χ3n) is 1.50. The van der Waals surface area contributed by atoms with Crippen LogP contribution in [0.2, 0.25) is 0 Å². The molecule has 0 heterocycles. The van der Waals surface area contributed by atoms with Crippen molar-refractivity contribution in [2.75, 3.05) is 0 Å². The van der Waals surface area contributed by atoms with Gasteiger partial charge in [-0.2, -0.15) is 0 Å². The maximum Gasteiger partial charge on any atom is 0.381 e. The Morgan fingerprint density at radius 2 is 1.86 bits per heavy atom.